The summed E-state index contributed by atoms with van der Waals surface area (Å²) < 4.78 is 42.8. The maximum Gasteiger partial charge on any atom is 0.224 e. The zero-order chi connectivity index (χ0) is 33.6. The second kappa shape index (κ2) is 15.3. The number of imidazole rings is 2. The summed E-state index contributed by atoms with van der Waals surface area (Å²) in [7, 11) is -1.28. The molecule has 246 valence electrons. The molecule has 0 aliphatic heterocycles. The first kappa shape index (κ1) is 33.7. The number of hydrogen-bond donors (Lipinski definition) is 1. The highest BCUT2D eigenvalue weighted by Crippen LogP contribution is 2.27. The molecule has 0 saturated heterocycles. The standard InChI is InChI=1S/C19H19BrFN5.C14H10BrFN4OS/c20-16-12-26(18(24-16)13-6-8-14(21)9-7-13)17-10-11-22-19(25-17)23-15-4-2-1-3-5-15;1-22(21)14-17-7-6-12(19-14)20-8-11(15)18-13(20)9-2-4-10(16)5-3-9/h6-12,15H,1-5H2,(H,22,23,25);2-8H,1H3. The first-order valence-corrected chi connectivity index (χ1v) is 18.2. The second-order valence-electron chi connectivity index (χ2n) is 10.9. The van der Waals surface area contributed by atoms with Crippen LogP contribution in [0.5, 0.6) is 0 Å². The van der Waals surface area contributed by atoms with Crippen LogP contribution in [-0.2, 0) is 10.8 Å². The molecule has 1 aliphatic rings. The van der Waals surface area contributed by atoms with Gasteiger partial charge in [0.25, 0.3) is 0 Å². The van der Waals surface area contributed by atoms with Crippen LogP contribution < -0.4 is 5.32 Å². The molecule has 0 radical (unpaired) electrons. The van der Waals surface area contributed by atoms with E-state index in [1.807, 2.05) is 16.8 Å². The third kappa shape index (κ3) is 8.25. The van der Waals surface area contributed by atoms with E-state index < -0.39 is 10.8 Å². The van der Waals surface area contributed by atoms with Gasteiger partial charge >= 0.3 is 0 Å². The lowest BCUT2D eigenvalue weighted by Crippen LogP contribution is -2.23. The topological polar surface area (TPSA) is 116 Å². The van der Waals surface area contributed by atoms with Crippen LogP contribution in [-0.4, -0.2) is 55.5 Å². The summed E-state index contributed by atoms with van der Waals surface area (Å²) in [5.41, 5.74) is 1.56. The Balaban J connectivity index is 0.000000170. The molecule has 1 atom stereocenters. The molecule has 1 fully saturated rings. The summed E-state index contributed by atoms with van der Waals surface area (Å²) in [6.07, 6.45) is 14.5. The minimum atomic E-state index is -1.28. The Labute approximate surface area is 294 Å². The number of nitrogens with one attached hydrogen (secondary N) is 1. The van der Waals surface area contributed by atoms with E-state index in [2.05, 4.69) is 67.1 Å². The van der Waals surface area contributed by atoms with Gasteiger partial charge in [-0.2, -0.15) is 4.98 Å². The zero-order valence-corrected chi connectivity index (χ0v) is 29.6. The Hall–Kier alpha value is -4.21. The largest absolute Gasteiger partial charge is 0.351 e. The molecular weight excluding hydrogens is 768 g/mol. The SMILES string of the molecule is CS(=O)c1nccc(-n2cc(Br)nc2-c2ccc(F)cc2)n1.Fc1ccc(-c2nc(Br)cn2-c2ccnc(NC3CCCCC3)n2)cc1. The third-order valence-corrected chi connectivity index (χ3v) is 8.98. The highest BCUT2D eigenvalue weighted by Gasteiger charge is 2.17. The number of nitrogens with zero attached hydrogens (tertiary/aromatic N) is 8. The molecule has 0 bridgehead atoms. The zero-order valence-electron chi connectivity index (χ0n) is 25.6. The number of rotatable bonds is 7. The van der Waals surface area contributed by atoms with Crippen molar-refractivity contribution in [3.63, 3.8) is 0 Å². The predicted molar refractivity (Wildman–Crippen MR) is 187 cm³/mol. The molecule has 10 nitrogen and oxygen atoms in total. The number of halogens is 4. The van der Waals surface area contributed by atoms with Crippen LogP contribution in [0.1, 0.15) is 32.1 Å². The van der Waals surface area contributed by atoms with E-state index in [0.717, 1.165) is 29.8 Å². The fourth-order valence-corrected chi connectivity index (χ4v) is 6.42. The van der Waals surface area contributed by atoms with Crippen molar-refractivity contribution in [3.05, 3.63) is 106 Å². The summed E-state index contributed by atoms with van der Waals surface area (Å²) in [6, 6.07) is 16.3. The Kier molecular flexibility index (Phi) is 10.8. The first-order valence-electron chi connectivity index (χ1n) is 15.0. The average molecular weight is 798 g/mol. The van der Waals surface area contributed by atoms with Crippen LogP contribution >= 0.6 is 31.9 Å². The van der Waals surface area contributed by atoms with E-state index in [1.54, 1.807) is 53.5 Å². The molecule has 4 aromatic heterocycles. The second-order valence-corrected chi connectivity index (χ2v) is 13.8. The molecule has 1 aliphatic carbocycles. The van der Waals surface area contributed by atoms with E-state index in [-0.39, 0.29) is 16.8 Å². The van der Waals surface area contributed by atoms with Gasteiger partial charge in [-0.05, 0) is 105 Å². The van der Waals surface area contributed by atoms with Crippen LogP contribution in [0.2, 0.25) is 0 Å². The van der Waals surface area contributed by atoms with Gasteiger partial charge < -0.3 is 5.32 Å². The minimum Gasteiger partial charge on any atom is -0.351 e. The summed E-state index contributed by atoms with van der Waals surface area (Å²) in [5, 5.41) is 3.69. The van der Waals surface area contributed by atoms with Gasteiger partial charge in [-0.15, -0.1) is 0 Å². The normalized spacial score (nSPS) is 13.9. The molecule has 4 heterocycles. The Morgan fingerprint density at radius 3 is 1.73 bits per heavy atom. The van der Waals surface area contributed by atoms with Crippen molar-refractivity contribution in [2.45, 2.75) is 43.3 Å². The lowest BCUT2D eigenvalue weighted by Gasteiger charge is -2.22. The quantitative estimate of drug-likeness (QED) is 0.162. The summed E-state index contributed by atoms with van der Waals surface area (Å²) in [5.74, 6) is 2.59. The predicted octanol–water partition coefficient (Wildman–Crippen LogP) is 7.94. The minimum absolute atomic E-state index is 0.243. The highest BCUT2D eigenvalue weighted by molar-refractivity contribution is 9.10. The highest BCUT2D eigenvalue weighted by atomic mass is 79.9. The average Bonchev–Trinajstić information content (AvgIpc) is 3.69. The van der Waals surface area contributed by atoms with Gasteiger partial charge in [0.05, 0.1) is 10.8 Å². The molecule has 0 amide bonds. The molecular formula is C33H29Br2F2N9OS. The van der Waals surface area contributed by atoms with E-state index in [1.165, 1.54) is 49.8 Å². The monoisotopic (exact) mass is 795 g/mol. The fraction of sp³-hybridized carbons (Fsp3) is 0.212. The molecule has 0 spiro atoms. The summed E-state index contributed by atoms with van der Waals surface area (Å²) in [6.45, 7) is 0. The summed E-state index contributed by atoms with van der Waals surface area (Å²) >= 11 is 6.76. The van der Waals surface area contributed by atoms with E-state index in [9.17, 15) is 13.0 Å². The van der Waals surface area contributed by atoms with E-state index in [4.69, 9.17) is 0 Å². The number of aromatic nitrogens is 8. The molecule has 2 aromatic carbocycles. The van der Waals surface area contributed by atoms with Crippen LogP contribution in [0.3, 0.4) is 0 Å². The van der Waals surface area contributed by atoms with Crippen LogP contribution in [0.25, 0.3) is 34.4 Å². The molecule has 6 aromatic rings. The van der Waals surface area contributed by atoms with Crippen molar-refractivity contribution in [1.82, 2.24) is 39.0 Å². The Morgan fingerprint density at radius 1 is 0.708 bits per heavy atom. The molecule has 1 unspecified atom stereocenters. The molecule has 1 saturated carbocycles. The third-order valence-electron chi connectivity index (χ3n) is 7.51. The fourth-order valence-electron chi connectivity index (χ4n) is 5.24. The van der Waals surface area contributed by atoms with Gasteiger partial charge in [-0.1, -0.05) is 19.3 Å². The summed E-state index contributed by atoms with van der Waals surface area (Å²) in [4.78, 5) is 26.2. The van der Waals surface area contributed by atoms with Crippen molar-refractivity contribution in [1.29, 1.82) is 0 Å². The molecule has 15 heteroatoms. The van der Waals surface area contributed by atoms with Crippen molar-refractivity contribution >= 4 is 48.6 Å². The van der Waals surface area contributed by atoms with Crippen LogP contribution in [0.15, 0.2) is 99.8 Å². The maximum atomic E-state index is 13.2. The van der Waals surface area contributed by atoms with E-state index in [0.29, 0.717) is 38.7 Å². The van der Waals surface area contributed by atoms with Crippen molar-refractivity contribution in [2.75, 3.05) is 11.6 Å². The number of benzene rings is 2. The van der Waals surface area contributed by atoms with E-state index >= 15 is 0 Å². The van der Waals surface area contributed by atoms with Crippen LogP contribution in [0.4, 0.5) is 14.7 Å². The van der Waals surface area contributed by atoms with Crippen molar-refractivity contribution in [2.24, 2.45) is 0 Å². The first-order chi connectivity index (χ1) is 23.2. The van der Waals surface area contributed by atoms with Gasteiger partial charge in [-0.3, -0.25) is 13.3 Å². The van der Waals surface area contributed by atoms with Gasteiger partial charge in [0.1, 0.15) is 44.1 Å². The Morgan fingerprint density at radius 2 is 1.21 bits per heavy atom. The molecule has 7 rings (SSSR count). The van der Waals surface area contributed by atoms with Crippen molar-refractivity contribution in [3.8, 4) is 34.4 Å². The number of anilines is 1. The lowest BCUT2D eigenvalue weighted by molar-refractivity contribution is 0.461. The van der Waals surface area contributed by atoms with Gasteiger partial charge in [-0.25, -0.2) is 33.7 Å². The molecule has 1 N–H and O–H groups in total. The van der Waals surface area contributed by atoms with Crippen LogP contribution in [0, 0.1) is 11.6 Å². The Bertz CT molecular complexity index is 2030. The lowest BCUT2D eigenvalue weighted by atomic mass is 9.96. The number of hydrogen-bond acceptors (Lipinski definition) is 8. The van der Waals surface area contributed by atoms with Crippen molar-refractivity contribution < 1.29 is 13.0 Å². The van der Waals surface area contributed by atoms with Gasteiger partial charge in [0.2, 0.25) is 11.1 Å². The molecule has 48 heavy (non-hydrogen) atoms. The van der Waals surface area contributed by atoms with Gasteiger partial charge in [0, 0.05) is 48.2 Å². The maximum absolute atomic E-state index is 13.2. The van der Waals surface area contributed by atoms with Gasteiger partial charge in [0.15, 0.2) is 0 Å². The smallest absolute Gasteiger partial charge is 0.224 e.